The lowest BCUT2D eigenvalue weighted by Crippen LogP contribution is -2.36. The lowest BCUT2D eigenvalue weighted by atomic mass is 9.89. The van der Waals surface area contributed by atoms with E-state index >= 15 is 0 Å². The SMILES string of the molecule is Cn1[nH]c(=O)c2ccc(C3CCN(C(=O)O)CC3)cc21. The number of aromatic nitrogens is 2. The van der Waals surface area contributed by atoms with Crippen molar-refractivity contribution in [3.8, 4) is 0 Å². The molecule has 3 rings (SSSR count). The van der Waals surface area contributed by atoms with Crippen molar-refractivity contribution in [3.63, 3.8) is 0 Å². The number of rotatable bonds is 1. The molecule has 2 heterocycles. The molecule has 0 atom stereocenters. The minimum atomic E-state index is -0.841. The standard InChI is InChI=1S/C14H17N3O3/c1-16-12-8-10(2-3-11(12)13(18)15-16)9-4-6-17(7-5-9)14(19)20/h2-3,8-9H,4-7H2,1H3,(H,15,18)(H,19,20). The molecule has 1 aliphatic rings. The lowest BCUT2D eigenvalue weighted by Gasteiger charge is -2.30. The zero-order valence-corrected chi connectivity index (χ0v) is 11.3. The molecule has 1 aromatic heterocycles. The van der Waals surface area contributed by atoms with Crippen molar-refractivity contribution in [1.29, 1.82) is 0 Å². The van der Waals surface area contributed by atoms with E-state index in [1.807, 2.05) is 25.2 Å². The number of aryl methyl sites for hydroxylation is 1. The van der Waals surface area contributed by atoms with E-state index in [9.17, 15) is 9.59 Å². The number of piperidine rings is 1. The minimum absolute atomic E-state index is 0.0743. The molecule has 1 aliphatic heterocycles. The summed E-state index contributed by atoms with van der Waals surface area (Å²) in [7, 11) is 1.82. The summed E-state index contributed by atoms with van der Waals surface area (Å²) in [5.74, 6) is 0.361. The van der Waals surface area contributed by atoms with Crippen LogP contribution in [0.2, 0.25) is 0 Å². The van der Waals surface area contributed by atoms with Crippen LogP contribution in [0.5, 0.6) is 0 Å². The van der Waals surface area contributed by atoms with Crippen molar-refractivity contribution in [2.45, 2.75) is 18.8 Å². The number of benzene rings is 1. The molecule has 106 valence electrons. The maximum atomic E-state index is 11.7. The summed E-state index contributed by atoms with van der Waals surface area (Å²) >= 11 is 0. The Morgan fingerprint density at radius 3 is 2.70 bits per heavy atom. The van der Waals surface area contributed by atoms with Gasteiger partial charge < -0.3 is 10.0 Å². The van der Waals surface area contributed by atoms with Crippen molar-refractivity contribution in [2.24, 2.45) is 7.05 Å². The highest BCUT2D eigenvalue weighted by Gasteiger charge is 2.23. The second-order valence-corrected chi connectivity index (χ2v) is 5.32. The average Bonchev–Trinajstić information content (AvgIpc) is 2.74. The van der Waals surface area contributed by atoms with E-state index in [-0.39, 0.29) is 5.56 Å². The van der Waals surface area contributed by atoms with Crippen molar-refractivity contribution in [1.82, 2.24) is 14.7 Å². The fourth-order valence-corrected chi connectivity index (χ4v) is 2.95. The average molecular weight is 275 g/mol. The Kier molecular flexibility index (Phi) is 3.00. The molecule has 6 heteroatoms. The van der Waals surface area contributed by atoms with E-state index in [0.717, 1.165) is 18.4 Å². The molecule has 0 radical (unpaired) electrons. The van der Waals surface area contributed by atoms with Gasteiger partial charge in [0, 0.05) is 20.1 Å². The molecular weight excluding hydrogens is 258 g/mol. The zero-order chi connectivity index (χ0) is 14.3. The van der Waals surface area contributed by atoms with Crippen LogP contribution in [0.15, 0.2) is 23.0 Å². The first kappa shape index (κ1) is 12.8. The van der Waals surface area contributed by atoms with Crippen LogP contribution in [-0.2, 0) is 7.05 Å². The first-order valence-electron chi connectivity index (χ1n) is 6.73. The largest absolute Gasteiger partial charge is 0.465 e. The number of H-pyrrole nitrogens is 1. The number of amides is 1. The van der Waals surface area contributed by atoms with Crippen LogP contribution in [0.25, 0.3) is 10.9 Å². The van der Waals surface area contributed by atoms with Crippen LogP contribution in [0.3, 0.4) is 0 Å². The Labute approximate surface area is 115 Å². The van der Waals surface area contributed by atoms with Crippen molar-refractivity contribution < 1.29 is 9.90 Å². The number of nitrogens with one attached hydrogen (secondary N) is 1. The molecule has 0 saturated carbocycles. The van der Waals surface area contributed by atoms with Gasteiger partial charge >= 0.3 is 6.09 Å². The summed E-state index contributed by atoms with van der Waals surface area (Å²) in [6.45, 7) is 1.15. The first-order chi connectivity index (χ1) is 9.56. The maximum absolute atomic E-state index is 11.7. The molecule has 20 heavy (non-hydrogen) atoms. The van der Waals surface area contributed by atoms with Crippen molar-refractivity contribution in [2.75, 3.05) is 13.1 Å². The van der Waals surface area contributed by atoms with Gasteiger partial charge in [0.05, 0.1) is 10.9 Å². The first-order valence-corrected chi connectivity index (χ1v) is 6.73. The summed E-state index contributed by atoms with van der Waals surface area (Å²) in [6.07, 6.45) is 0.818. The number of carboxylic acid groups (broad SMARTS) is 1. The van der Waals surface area contributed by atoms with E-state index in [1.165, 1.54) is 10.5 Å². The molecule has 0 bridgehead atoms. The number of hydrogen-bond acceptors (Lipinski definition) is 2. The summed E-state index contributed by atoms with van der Waals surface area (Å²) in [5, 5.41) is 12.4. The second-order valence-electron chi connectivity index (χ2n) is 5.32. The Morgan fingerprint density at radius 1 is 1.35 bits per heavy atom. The molecule has 2 aromatic rings. The number of hydrogen-bond donors (Lipinski definition) is 2. The molecule has 2 N–H and O–H groups in total. The van der Waals surface area contributed by atoms with Gasteiger partial charge in [0.25, 0.3) is 5.56 Å². The molecule has 0 spiro atoms. The molecule has 6 nitrogen and oxygen atoms in total. The smallest absolute Gasteiger partial charge is 0.407 e. The molecule has 1 fully saturated rings. The van der Waals surface area contributed by atoms with Gasteiger partial charge in [0.1, 0.15) is 0 Å². The van der Waals surface area contributed by atoms with Crippen LogP contribution in [0.4, 0.5) is 4.79 Å². The number of fused-ring (bicyclic) bond motifs is 1. The lowest BCUT2D eigenvalue weighted by molar-refractivity contribution is 0.132. The van der Waals surface area contributed by atoms with E-state index in [1.54, 1.807) is 4.68 Å². The molecule has 1 aromatic carbocycles. The maximum Gasteiger partial charge on any atom is 0.407 e. The van der Waals surface area contributed by atoms with Gasteiger partial charge in [-0.1, -0.05) is 6.07 Å². The third kappa shape index (κ3) is 2.07. The van der Waals surface area contributed by atoms with Gasteiger partial charge in [-0.25, -0.2) is 4.79 Å². The molecular formula is C14H17N3O3. The van der Waals surface area contributed by atoms with Gasteiger partial charge in [0.15, 0.2) is 0 Å². The van der Waals surface area contributed by atoms with Crippen LogP contribution >= 0.6 is 0 Å². The third-order valence-corrected chi connectivity index (χ3v) is 4.13. The van der Waals surface area contributed by atoms with Crippen LogP contribution in [-0.4, -0.2) is 39.0 Å². The predicted octanol–water partition coefficient (Wildman–Crippen LogP) is 1.72. The van der Waals surface area contributed by atoms with Gasteiger partial charge in [-0.05, 0) is 36.5 Å². The highest BCUT2D eigenvalue weighted by molar-refractivity contribution is 5.79. The summed E-state index contributed by atoms with van der Waals surface area (Å²) in [5.41, 5.74) is 2.00. The monoisotopic (exact) mass is 275 g/mol. The molecule has 0 aliphatic carbocycles. The van der Waals surface area contributed by atoms with Gasteiger partial charge in [0.2, 0.25) is 0 Å². The Morgan fingerprint density at radius 2 is 2.05 bits per heavy atom. The number of likely N-dealkylation sites (tertiary alicyclic amines) is 1. The number of aromatic amines is 1. The Balaban J connectivity index is 1.86. The van der Waals surface area contributed by atoms with Gasteiger partial charge in [-0.3, -0.25) is 14.6 Å². The van der Waals surface area contributed by atoms with E-state index < -0.39 is 6.09 Å². The van der Waals surface area contributed by atoms with Gasteiger partial charge in [-0.2, -0.15) is 0 Å². The normalized spacial score (nSPS) is 16.8. The van der Waals surface area contributed by atoms with Crippen LogP contribution in [0, 0.1) is 0 Å². The Bertz CT molecular complexity index is 708. The number of carbonyl (C=O) groups is 1. The topological polar surface area (TPSA) is 78.3 Å². The van der Waals surface area contributed by atoms with Crippen LogP contribution < -0.4 is 5.56 Å². The van der Waals surface area contributed by atoms with Gasteiger partial charge in [-0.15, -0.1) is 0 Å². The highest BCUT2D eigenvalue weighted by Crippen LogP contribution is 2.29. The summed E-state index contributed by atoms with van der Waals surface area (Å²) in [6, 6.07) is 5.88. The predicted molar refractivity (Wildman–Crippen MR) is 75.1 cm³/mol. The molecule has 1 saturated heterocycles. The molecule has 0 unspecified atom stereocenters. The quantitative estimate of drug-likeness (QED) is 0.831. The molecule has 1 amide bonds. The highest BCUT2D eigenvalue weighted by atomic mass is 16.4. The van der Waals surface area contributed by atoms with Crippen LogP contribution in [0.1, 0.15) is 24.3 Å². The van der Waals surface area contributed by atoms with E-state index in [0.29, 0.717) is 24.4 Å². The minimum Gasteiger partial charge on any atom is -0.465 e. The Hall–Kier alpha value is -2.24. The third-order valence-electron chi connectivity index (χ3n) is 4.13. The fourth-order valence-electron chi connectivity index (χ4n) is 2.95. The fraction of sp³-hybridized carbons (Fsp3) is 0.429. The summed E-state index contributed by atoms with van der Waals surface area (Å²) in [4.78, 5) is 24.0. The number of nitrogens with zero attached hydrogens (tertiary/aromatic N) is 2. The van der Waals surface area contributed by atoms with Crippen molar-refractivity contribution in [3.05, 3.63) is 34.1 Å². The second kappa shape index (κ2) is 4.70. The van der Waals surface area contributed by atoms with E-state index in [2.05, 4.69) is 5.10 Å². The van der Waals surface area contributed by atoms with E-state index in [4.69, 9.17) is 5.11 Å². The zero-order valence-electron chi connectivity index (χ0n) is 11.3. The van der Waals surface area contributed by atoms with Crippen molar-refractivity contribution >= 4 is 17.0 Å². The summed E-state index contributed by atoms with van der Waals surface area (Å²) < 4.78 is 1.73.